The van der Waals surface area contributed by atoms with Crippen molar-refractivity contribution in [2.24, 2.45) is 5.41 Å². The fraction of sp³-hybridized carbons (Fsp3) is 0.545. The van der Waals surface area contributed by atoms with Crippen molar-refractivity contribution in [3.63, 3.8) is 0 Å². The molecule has 3 nitrogen and oxygen atoms in total. The van der Waals surface area contributed by atoms with E-state index in [-0.39, 0.29) is 12.0 Å². The van der Waals surface area contributed by atoms with E-state index in [1.54, 1.807) is 18.3 Å². The number of rotatable bonds is 5. The molecule has 0 aliphatic rings. The summed E-state index contributed by atoms with van der Waals surface area (Å²) in [6, 6.07) is 3.60. The minimum atomic E-state index is 0.0373. The molecule has 0 spiro atoms. The first-order chi connectivity index (χ1) is 7.05. The first kappa shape index (κ1) is 12.3. The van der Waals surface area contributed by atoms with Crippen LogP contribution in [0.2, 0.25) is 5.02 Å². The van der Waals surface area contributed by atoms with Crippen molar-refractivity contribution in [3.8, 4) is 0 Å². The number of pyridine rings is 1. The van der Waals surface area contributed by atoms with E-state index in [9.17, 15) is 0 Å². The largest absolute Gasteiger partial charge is 0.396 e. The van der Waals surface area contributed by atoms with Crippen LogP contribution in [0.3, 0.4) is 0 Å². The minimum Gasteiger partial charge on any atom is -0.396 e. The Morgan fingerprint density at radius 1 is 1.53 bits per heavy atom. The molecule has 2 N–H and O–H groups in total. The molecule has 0 aliphatic carbocycles. The number of hydrogen-bond acceptors (Lipinski definition) is 3. The lowest BCUT2D eigenvalue weighted by Gasteiger charge is -2.24. The Kier molecular flexibility index (Phi) is 4.36. The lowest BCUT2D eigenvalue weighted by Crippen LogP contribution is -2.24. The first-order valence-corrected chi connectivity index (χ1v) is 5.38. The van der Waals surface area contributed by atoms with Gasteiger partial charge >= 0.3 is 0 Å². The van der Waals surface area contributed by atoms with Crippen molar-refractivity contribution in [3.05, 3.63) is 23.4 Å². The van der Waals surface area contributed by atoms with Crippen LogP contribution in [0.5, 0.6) is 0 Å². The van der Waals surface area contributed by atoms with Crippen molar-refractivity contribution in [1.29, 1.82) is 0 Å². The maximum Gasteiger partial charge on any atom is 0.144 e. The molecule has 0 amide bonds. The van der Waals surface area contributed by atoms with E-state index >= 15 is 0 Å². The average Bonchev–Trinajstić information content (AvgIpc) is 2.16. The molecular formula is C11H17ClN2O. The van der Waals surface area contributed by atoms with E-state index < -0.39 is 0 Å². The normalized spacial score (nSPS) is 11.5. The summed E-state index contributed by atoms with van der Waals surface area (Å²) in [7, 11) is 0. The molecule has 0 fully saturated rings. The van der Waals surface area contributed by atoms with E-state index in [4.69, 9.17) is 16.7 Å². The smallest absolute Gasteiger partial charge is 0.144 e. The third-order valence-electron chi connectivity index (χ3n) is 2.28. The lowest BCUT2D eigenvalue weighted by molar-refractivity contribution is 0.220. The van der Waals surface area contributed by atoms with Crippen LogP contribution in [0.15, 0.2) is 18.3 Å². The highest BCUT2D eigenvalue weighted by molar-refractivity contribution is 6.32. The summed E-state index contributed by atoms with van der Waals surface area (Å²) in [5.74, 6) is 0.699. The number of halogens is 1. The number of aliphatic hydroxyl groups excluding tert-OH is 1. The maximum atomic E-state index is 8.88. The van der Waals surface area contributed by atoms with E-state index in [1.165, 1.54) is 0 Å². The third-order valence-corrected chi connectivity index (χ3v) is 2.59. The SMILES string of the molecule is CC(C)(CCO)CNc1ncccc1Cl. The molecule has 4 heteroatoms. The van der Waals surface area contributed by atoms with Crippen LogP contribution < -0.4 is 5.32 Å². The first-order valence-electron chi connectivity index (χ1n) is 5.00. The van der Waals surface area contributed by atoms with Gasteiger partial charge in [-0.3, -0.25) is 0 Å². The van der Waals surface area contributed by atoms with Gasteiger partial charge in [0.15, 0.2) is 0 Å². The predicted octanol–water partition coefficient (Wildman–Crippen LogP) is 2.56. The quantitative estimate of drug-likeness (QED) is 0.814. The zero-order valence-electron chi connectivity index (χ0n) is 9.13. The Hall–Kier alpha value is -0.800. The molecule has 1 aromatic heterocycles. The topological polar surface area (TPSA) is 45.1 Å². The molecule has 0 aromatic carbocycles. The number of hydrogen-bond donors (Lipinski definition) is 2. The van der Waals surface area contributed by atoms with Crippen LogP contribution in [-0.2, 0) is 0 Å². The van der Waals surface area contributed by atoms with Crippen molar-refractivity contribution in [2.75, 3.05) is 18.5 Å². The predicted molar refractivity (Wildman–Crippen MR) is 63.2 cm³/mol. The Bertz CT molecular complexity index is 315. The van der Waals surface area contributed by atoms with E-state index in [0.29, 0.717) is 10.8 Å². The second-order valence-corrected chi connectivity index (χ2v) is 4.73. The monoisotopic (exact) mass is 228 g/mol. The number of nitrogens with zero attached hydrogens (tertiary/aromatic N) is 1. The van der Waals surface area contributed by atoms with Crippen molar-refractivity contribution in [1.82, 2.24) is 4.98 Å². The zero-order valence-corrected chi connectivity index (χ0v) is 9.88. The van der Waals surface area contributed by atoms with Crippen molar-refractivity contribution < 1.29 is 5.11 Å². The highest BCUT2D eigenvalue weighted by Gasteiger charge is 2.17. The van der Waals surface area contributed by atoms with Gasteiger partial charge in [0.25, 0.3) is 0 Å². The lowest BCUT2D eigenvalue weighted by atomic mass is 9.90. The van der Waals surface area contributed by atoms with E-state index in [2.05, 4.69) is 24.1 Å². The highest BCUT2D eigenvalue weighted by atomic mass is 35.5. The Labute approximate surface area is 95.5 Å². The Morgan fingerprint density at radius 3 is 2.87 bits per heavy atom. The van der Waals surface area contributed by atoms with Gasteiger partial charge in [0.05, 0.1) is 5.02 Å². The van der Waals surface area contributed by atoms with Gasteiger partial charge in [-0.2, -0.15) is 0 Å². The summed E-state index contributed by atoms with van der Waals surface area (Å²) in [5.41, 5.74) is 0.0373. The van der Waals surface area contributed by atoms with Crippen molar-refractivity contribution in [2.45, 2.75) is 20.3 Å². The van der Waals surface area contributed by atoms with Gasteiger partial charge in [0.2, 0.25) is 0 Å². The molecule has 1 aromatic rings. The van der Waals surface area contributed by atoms with Gasteiger partial charge in [-0.15, -0.1) is 0 Å². The summed E-state index contributed by atoms with van der Waals surface area (Å²) >= 11 is 5.96. The number of aliphatic hydroxyl groups is 1. The highest BCUT2D eigenvalue weighted by Crippen LogP contribution is 2.23. The van der Waals surface area contributed by atoms with Crippen LogP contribution in [0, 0.1) is 5.41 Å². The number of nitrogens with one attached hydrogen (secondary N) is 1. The summed E-state index contributed by atoms with van der Waals surface area (Å²) in [6.07, 6.45) is 2.46. The van der Waals surface area contributed by atoms with Gasteiger partial charge in [-0.1, -0.05) is 25.4 Å². The van der Waals surface area contributed by atoms with Crippen LogP contribution in [0.4, 0.5) is 5.82 Å². The molecular weight excluding hydrogens is 212 g/mol. The molecule has 0 saturated heterocycles. The summed E-state index contributed by atoms with van der Waals surface area (Å²) in [4.78, 5) is 4.14. The molecule has 84 valence electrons. The molecule has 0 aliphatic heterocycles. The van der Waals surface area contributed by atoms with Crippen molar-refractivity contribution >= 4 is 17.4 Å². The second kappa shape index (κ2) is 5.33. The average molecular weight is 229 g/mol. The molecule has 0 radical (unpaired) electrons. The Morgan fingerprint density at radius 2 is 2.27 bits per heavy atom. The van der Waals surface area contributed by atoms with Crippen LogP contribution in [0.1, 0.15) is 20.3 Å². The molecule has 1 rings (SSSR count). The molecule has 15 heavy (non-hydrogen) atoms. The van der Waals surface area contributed by atoms with Gasteiger partial charge in [-0.05, 0) is 24.0 Å². The van der Waals surface area contributed by atoms with Gasteiger partial charge in [0, 0.05) is 19.3 Å². The standard InChI is InChI=1S/C11H17ClN2O/c1-11(2,5-7-15)8-14-10-9(12)4-3-6-13-10/h3-4,6,15H,5,7-8H2,1-2H3,(H,13,14). The second-order valence-electron chi connectivity index (χ2n) is 4.33. The Balaban J connectivity index is 2.53. The molecule has 0 bridgehead atoms. The molecule has 0 unspecified atom stereocenters. The summed E-state index contributed by atoms with van der Waals surface area (Å²) in [6.45, 7) is 5.12. The van der Waals surface area contributed by atoms with E-state index in [1.807, 2.05) is 0 Å². The molecule has 0 saturated carbocycles. The zero-order chi connectivity index (χ0) is 11.3. The van der Waals surface area contributed by atoms with Crippen LogP contribution in [-0.4, -0.2) is 23.2 Å². The fourth-order valence-electron chi connectivity index (χ4n) is 1.23. The molecule has 0 atom stereocenters. The summed E-state index contributed by atoms with van der Waals surface area (Å²) in [5, 5.41) is 12.7. The van der Waals surface area contributed by atoms with Gasteiger partial charge < -0.3 is 10.4 Å². The maximum absolute atomic E-state index is 8.88. The van der Waals surface area contributed by atoms with Crippen LogP contribution in [0.25, 0.3) is 0 Å². The van der Waals surface area contributed by atoms with Gasteiger partial charge in [0.1, 0.15) is 5.82 Å². The minimum absolute atomic E-state index is 0.0373. The van der Waals surface area contributed by atoms with Crippen LogP contribution >= 0.6 is 11.6 Å². The van der Waals surface area contributed by atoms with E-state index in [0.717, 1.165) is 13.0 Å². The fourth-order valence-corrected chi connectivity index (χ4v) is 1.42. The van der Waals surface area contributed by atoms with Gasteiger partial charge in [-0.25, -0.2) is 4.98 Å². The number of aromatic nitrogens is 1. The third kappa shape index (κ3) is 4.06. The molecule has 1 heterocycles. The summed E-state index contributed by atoms with van der Waals surface area (Å²) < 4.78 is 0. The number of anilines is 1.